The predicted octanol–water partition coefficient (Wildman–Crippen LogP) is 2.03. The van der Waals surface area contributed by atoms with Crippen molar-refractivity contribution < 1.29 is 40.3 Å². The normalized spacial score (nSPS) is 18.1. The molecule has 0 heterocycles. The van der Waals surface area contributed by atoms with Gasteiger partial charge < -0.3 is 5.32 Å². The number of carbonyl (C=O) groups is 1. The van der Waals surface area contributed by atoms with Gasteiger partial charge in [0.15, 0.2) is 0 Å². The van der Waals surface area contributed by atoms with Gasteiger partial charge in [-0.3, -0.25) is 4.79 Å². The van der Waals surface area contributed by atoms with Crippen LogP contribution in [-0.2, 0) is 9.53 Å². The van der Waals surface area contributed by atoms with E-state index in [9.17, 15) is 35.5 Å². The van der Waals surface area contributed by atoms with E-state index in [1.807, 2.05) is 4.74 Å². The molecule has 17 heavy (non-hydrogen) atoms. The van der Waals surface area contributed by atoms with Gasteiger partial charge in [-0.15, -0.1) is 13.2 Å². The summed E-state index contributed by atoms with van der Waals surface area (Å²) in [5.41, 5.74) is 0. The number of hydrogen-bond donors (Lipinski definition) is 1. The molecule has 1 fully saturated rings. The van der Waals surface area contributed by atoms with Crippen molar-refractivity contribution in [2.45, 2.75) is 37.3 Å². The fourth-order valence-electron chi connectivity index (χ4n) is 0.845. The van der Waals surface area contributed by atoms with Gasteiger partial charge in [0, 0.05) is 6.04 Å². The van der Waals surface area contributed by atoms with Crippen LogP contribution in [0.5, 0.6) is 0 Å². The molecule has 0 radical (unpaired) electrons. The van der Waals surface area contributed by atoms with Crippen molar-refractivity contribution in [1.29, 1.82) is 0 Å². The molecule has 0 aromatic heterocycles. The Morgan fingerprint density at radius 1 is 1.06 bits per heavy atom. The Hall–Kier alpha value is -1.06. The summed E-state index contributed by atoms with van der Waals surface area (Å²) >= 11 is 0. The lowest BCUT2D eigenvalue weighted by atomic mass is 10.3. The number of amides is 1. The lowest BCUT2D eigenvalue weighted by Gasteiger charge is -2.25. The average molecular weight is 269 g/mol. The molecule has 0 unspecified atom stereocenters. The van der Waals surface area contributed by atoms with Gasteiger partial charge in [-0.05, 0) is 12.8 Å². The summed E-state index contributed by atoms with van der Waals surface area (Å²) in [6.45, 7) is 0. The zero-order valence-corrected chi connectivity index (χ0v) is 7.95. The fraction of sp³-hybridized carbons (Fsp3) is 0.857. The van der Waals surface area contributed by atoms with E-state index in [4.69, 9.17) is 0 Å². The van der Waals surface area contributed by atoms with Crippen molar-refractivity contribution in [2.24, 2.45) is 0 Å². The number of ether oxygens (including phenoxy) is 1. The summed E-state index contributed by atoms with van der Waals surface area (Å²) in [4.78, 5) is 10.7. The number of nitrogens with one attached hydrogen (secondary N) is 1. The van der Waals surface area contributed by atoms with E-state index in [1.165, 1.54) is 5.32 Å². The van der Waals surface area contributed by atoms with Gasteiger partial charge in [-0.2, -0.15) is 17.6 Å². The summed E-state index contributed by atoms with van der Waals surface area (Å²) in [7, 11) is 0. The standard InChI is InChI=1S/C7H6F7NO2/c8-5(9,4(16)15-3-1-2-3)6(10,11)17-7(12,13)14/h3H,1-2H2,(H,15,16). The highest BCUT2D eigenvalue weighted by Crippen LogP contribution is 2.40. The molecule has 10 heteroatoms. The first-order valence-corrected chi connectivity index (χ1v) is 4.29. The van der Waals surface area contributed by atoms with E-state index in [-0.39, 0.29) is 0 Å². The zero-order valence-electron chi connectivity index (χ0n) is 7.95. The summed E-state index contributed by atoms with van der Waals surface area (Å²) in [5, 5.41) is 1.47. The monoisotopic (exact) mass is 269 g/mol. The maximum atomic E-state index is 12.7. The van der Waals surface area contributed by atoms with Gasteiger partial charge >= 0.3 is 18.4 Å². The van der Waals surface area contributed by atoms with Gasteiger partial charge in [-0.1, -0.05) is 0 Å². The van der Waals surface area contributed by atoms with Crippen LogP contribution in [0.3, 0.4) is 0 Å². The second kappa shape index (κ2) is 4.00. The topological polar surface area (TPSA) is 38.3 Å². The molecule has 0 aromatic carbocycles. The van der Waals surface area contributed by atoms with Crippen LogP contribution in [0.4, 0.5) is 30.7 Å². The zero-order chi connectivity index (χ0) is 13.5. The molecule has 0 saturated heterocycles. The van der Waals surface area contributed by atoms with Crippen molar-refractivity contribution in [3.05, 3.63) is 0 Å². The van der Waals surface area contributed by atoms with E-state index in [0.717, 1.165) is 0 Å². The summed E-state index contributed by atoms with van der Waals surface area (Å²) in [5.74, 6) is -8.08. The molecule has 1 N–H and O–H groups in total. The SMILES string of the molecule is O=C(NC1CC1)C(F)(F)C(F)(F)OC(F)(F)F. The van der Waals surface area contributed by atoms with Crippen molar-refractivity contribution in [3.8, 4) is 0 Å². The van der Waals surface area contributed by atoms with Crippen molar-refractivity contribution >= 4 is 5.91 Å². The number of rotatable bonds is 4. The highest BCUT2D eigenvalue weighted by Gasteiger charge is 2.67. The quantitative estimate of drug-likeness (QED) is 0.793. The number of carbonyl (C=O) groups excluding carboxylic acids is 1. The van der Waals surface area contributed by atoms with Gasteiger partial charge in [0.1, 0.15) is 0 Å². The van der Waals surface area contributed by atoms with Crippen LogP contribution in [-0.4, -0.2) is 30.3 Å². The Morgan fingerprint density at radius 2 is 1.53 bits per heavy atom. The molecule has 0 aliphatic heterocycles. The van der Waals surface area contributed by atoms with E-state index in [1.54, 1.807) is 0 Å². The molecule has 1 saturated carbocycles. The van der Waals surface area contributed by atoms with Crippen molar-refractivity contribution in [1.82, 2.24) is 5.32 Å². The Labute approximate surface area is 89.9 Å². The predicted molar refractivity (Wildman–Crippen MR) is 38.2 cm³/mol. The van der Waals surface area contributed by atoms with Gasteiger partial charge in [0.25, 0.3) is 5.91 Å². The Morgan fingerprint density at radius 3 is 1.88 bits per heavy atom. The highest BCUT2D eigenvalue weighted by molar-refractivity contribution is 5.84. The molecule has 1 aliphatic carbocycles. The third-order valence-corrected chi connectivity index (χ3v) is 1.81. The van der Waals surface area contributed by atoms with Crippen LogP contribution in [0.2, 0.25) is 0 Å². The number of hydrogen-bond acceptors (Lipinski definition) is 2. The first-order valence-electron chi connectivity index (χ1n) is 4.29. The minimum atomic E-state index is -5.98. The molecule has 100 valence electrons. The Balaban J connectivity index is 2.74. The third-order valence-electron chi connectivity index (χ3n) is 1.81. The first-order chi connectivity index (χ1) is 7.46. The summed E-state index contributed by atoms with van der Waals surface area (Å²) in [6, 6.07) is -0.699. The first kappa shape index (κ1) is 14.0. The molecule has 1 amide bonds. The maximum absolute atomic E-state index is 12.7. The average Bonchev–Trinajstić information content (AvgIpc) is 2.82. The van der Waals surface area contributed by atoms with Crippen molar-refractivity contribution in [3.63, 3.8) is 0 Å². The van der Waals surface area contributed by atoms with Crippen molar-refractivity contribution in [2.75, 3.05) is 0 Å². The largest absolute Gasteiger partial charge is 0.527 e. The van der Waals surface area contributed by atoms with Crippen LogP contribution in [0.1, 0.15) is 12.8 Å². The molecule has 1 aliphatic rings. The smallest absolute Gasteiger partial charge is 0.348 e. The molecule has 0 atom stereocenters. The van der Waals surface area contributed by atoms with E-state index < -0.39 is 30.3 Å². The number of alkyl halides is 7. The third kappa shape index (κ3) is 3.45. The number of halogens is 7. The van der Waals surface area contributed by atoms with E-state index in [2.05, 4.69) is 0 Å². The molecule has 0 aromatic rings. The van der Waals surface area contributed by atoms with Gasteiger partial charge in [0.2, 0.25) is 0 Å². The Kier molecular flexibility index (Phi) is 3.29. The Bertz CT molecular complexity index is 310. The molecule has 0 spiro atoms. The van der Waals surface area contributed by atoms with Crippen LogP contribution >= 0.6 is 0 Å². The second-order valence-corrected chi connectivity index (χ2v) is 3.39. The fourth-order valence-corrected chi connectivity index (χ4v) is 0.845. The van der Waals surface area contributed by atoms with Crippen LogP contribution < -0.4 is 5.32 Å². The lowest BCUT2D eigenvalue weighted by molar-refractivity contribution is -0.458. The summed E-state index contributed by atoms with van der Waals surface area (Å²) < 4.78 is 86.7. The minimum Gasteiger partial charge on any atom is -0.348 e. The summed E-state index contributed by atoms with van der Waals surface area (Å²) in [6.07, 6.45) is -11.3. The molecular formula is C7H6F7NO2. The maximum Gasteiger partial charge on any atom is 0.527 e. The highest BCUT2D eigenvalue weighted by atomic mass is 19.4. The van der Waals surface area contributed by atoms with Crippen LogP contribution in [0, 0.1) is 0 Å². The second-order valence-electron chi connectivity index (χ2n) is 3.39. The van der Waals surface area contributed by atoms with Crippen LogP contribution in [0.25, 0.3) is 0 Å². The molecule has 1 rings (SSSR count). The molecule has 0 bridgehead atoms. The van der Waals surface area contributed by atoms with Gasteiger partial charge in [0.05, 0.1) is 0 Å². The lowest BCUT2D eigenvalue weighted by Crippen LogP contribution is -2.55. The van der Waals surface area contributed by atoms with Gasteiger partial charge in [-0.25, -0.2) is 4.74 Å². The molecular weight excluding hydrogens is 263 g/mol. The van der Waals surface area contributed by atoms with Crippen LogP contribution in [0.15, 0.2) is 0 Å². The van der Waals surface area contributed by atoms with E-state index in [0.29, 0.717) is 12.8 Å². The molecule has 3 nitrogen and oxygen atoms in total. The minimum absolute atomic E-state index is 0.313. The van der Waals surface area contributed by atoms with E-state index >= 15 is 0 Å².